The van der Waals surface area contributed by atoms with Gasteiger partial charge in [-0.25, -0.2) is 16.8 Å². The van der Waals surface area contributed by atoms with Crippen molar-refractivity contribution in [1.82, 2.24) is 0 Å². The van der Waals surface area contributed by atoms with Gasteiger partial charge in [-0.05, 0) is 104 Å². The van der Waals surface area contributed by atoms with Crippen LogP contribution in [0.25, 0.3) is 0 Å². The number of carbonyl (C=O) groups excluding carboxylic acids is 1. The van der Waals surface area contributed by atoms with E-state index in [1.807, 2.05) is 0 Å². The number of fused-ring (bicyclic) bond motifs is 5. The first-order chi connectivity index (χ1) is 17.1. The van der Waals surface area contributed by atoms with Crippen molar-refractivity contribution in [3.05, 3.63) is 0 Å². The second-order valence-corrected chi connectivity index (χ2v) is 14.5. The molecule has 0 radical (unpaired) electrons. The van der Waals surface area contributed by atoms with Gasteiger partial charge in [0.1, 0.15) is 12.2 Å². The molecule has 0 aromatic heterocycles. The molecule has 0 bridgehead atoms. The minimum absolute atomic E-state index is 0. The summed E-state index contributed by atoms with van der Waals surface area (Å²) in [7, 11) is -8.80. The van der Waals surface area contributed by atoms with E-state index in [0.717, 1.165) is 44.9 Å². The van der Waals surface area contributed by atoms with Crippen LogP contribution in [-0.4, -0.2) is 51.2 Å². The summed E-state index contributed by atoms with van der Waals surface area (Å²) in [6.07, 6.45) is 4.95. The SMILES string of the molecule is COC(=O)CC[C@@H](C)[C@H]1CC[C@H]2[C@@H]3CC[C@H]4C[C@H](OS(=O)(=O)[O-])[C@@H](OS(=O)(=O)[O-])C[C@]4(C)[C@H]3CC[C@]12C.[Na+].[Na+]. The molecule has 4 fully saturated rings. The Morgan fingerprint density at radius 1 is 0.897 bits per heavy atom. The summed E-state index contributed by atoms with van der Waals surface area (Å²) in [6, 6.07) is 0. The van der Waals surface area contributed by atoms with E-state index < -0.39 is 33.0 Å². The third-order valence-electron chi connectivity index (χ3n) is 10.9. The minimum atomic E-state index is -5.12. The van der Waals surface area contributed by atoms with Gasteiger partial charge in [0.25, 0.3) is 0 Å². The van der Waals surface area contributed by atoms with Crippen LogP contribution < -0.4 is 59.1 Å². The summed E-state index contributed by atoms with van der Waals surface area (Å²) >= 11 is 0. The average molecular weight is 611 g/mol. The maximum Gasteiger partial charge on any atom is 1.00 e. The molecule has 4 aliphatic rings. The molecule has 0 saturated heterocycles. The molecule has 0 amide bonds. The quantitative estimate of drug-likeness (QED) is 0.125. The van der Waals surface area contributed by atoms with Crippen LogP contribution >= 0.6 is 0 Å². The Balaban J connectivity index is 0.00000267. The van der Waals surface area contributed by atoms with Gasteiger partial charge >= 0.3 is 65.1 Å². The fraction of sp³-hybridized carbons (Fsp3) is 0.960. The first-order valence-corrected chi connectivity index (χ1v) is 16.1. The minimum Gasteiger partial charge on any atom is -0.726 e. The van der Waals surface area contributed by atoms with Gasteiger partial charge in [-0.3, -0.25) is 13.2 Å². The molecule has 0 heterocycles. The second-order valence-electron chi connectivity index (χ2n) is 12.5. The first-order valence-electron chi connectivity index (χ1n) is 13.4. The van der Waals surface area contributed by atoms with Gasteiger partial charge in [0.2, 0.25) is 20.8 Å². The van der Waals surface area contributed by atoms with Crippen LogP contribution in [0.1, 0.15) is 85.0 Å². The molecule has 14 heteroatoms. The first kappa shape index (κ1) is 36.4. The van der Waals surface area contributed by atoms with E-state index in [0.29, 0.717) is 30.1 Å². The molecule has 0 spiro atoms. The molecule has 4 aliphatic carbocycles. The number of ether oxygens (including phenoxy) is 1. The van der Waals surface area contributed by atoms with Gasteiger partial charge in [-0.1, -0.05) is 20.8 Å². The molecule has 4 rings (SSSR count). The molecule has 0 N–H and O–H groups in total. The maximum atomic E-state index is 11.7. The van der Waals surface area contributed by atoms with E-state index in [2.05, 4.69) is 20.8 Å². The second kappa shape index (κ2) is 13.5. The van der Waals surface area contributed by atoms with Gasteiger partial charge in [0.15, 0.2) is 0 Å². The van der Waals surface area contributed by atoms with Gasteiger partial charge in [0.05, 0.1) is 7.11 Å². The summed E-state index contributed by atoms with van der Waals surface area (Å²) in [5.74, 6) is 1.99. The topological polar surface area (TPSA) is 159 Å². The number of hydrogen-bond donors (Lipinski definition) is 0. The van der Waals surface area contributed by atoms with Crippen molar-refractivity contribution in [3.63, 3.8) is 0 Å². The molecule has 39 heavy (non-hydrogen) atoms. The number of hydrogen-bond acceptors (Lipinski definition) is 10. The van der Waals surface area contributed by atoms with Crippen LogP contribution in [0, 0.1) is 46.3 Å². The molecular weight excluding hydrogens is 570 g/mol. The third-order valence-corrected chi connectivity index (χ3v) is 11.9. The molecule has 10 atom stereocenters. The molecule has 214 valence electrons. The van der Waals surface area contributed by atoms with E-state index in [-0.39, 0.29) is 101 Å². The Morgan fingerprint density at radius 3 is 2.08 bits per heavy atom. The molecule has 0 aromatic carbocycles. The number of esters is 1. The van der Waals surface area contributed by atoms with Crippen LogP contribution in [0.2, 0.25) is 0 Å². The molecule has 10 nitrogen and oxygen atoms in total. The Morgan fingerprint density at radius 2 is 1.49 bits per heavy atom. The van der Waals surface area contributed by atoms with Gasteiger partial charge < -0.3 is 13.8 Å². The summed E-state index contributed by atoms with van der Waals surface area (Å²) in [5, 5.41) is 0. The predicted octanol–water partition coefficient (Wildman–Crippen LogP) is -2.46. The molecule has 0 aliphatic heterocycles. The zero-order chi connectivity index (χ0) is 27.4. The van der Waals surface area contributed by atoms with E-state index in [1.165, 1.54) is 7.11 Å². The summed E-state index contributed by atoms with van der Waals surface area (Å²) in [6.45, 7) is 6.74. The number of methoxy groups -OCH3 is 1. The molecule has 0 unspecified atom stereocenters. The van der Waals surface area contributed by atoms with Crippen molar-refractivity contribution in [2.75, 3.05) is 7.11 Å². The number of rotatable bonds is 8. The fourth-order valence-corrected chi connectivity index (χ4v) is 10.4. The number of carbonyl (C=O) groups is 1. The standard InChI is InChI=1S/C25H42O10S2.2Na/c1-15(5-10-23(26)33-4)18-8-9-19-17-7-6-16-13-21(34-36(27,28)29)22(35-37(30,31)32)14-25(16,3)20(17)11-12-24(18,19)2;;/h15-22H,5-14H2,1-4H3,(H,27,28,29)(H,30,31,32);;/q;2*+1/p-2/t15-,16+,17+,18-,19+,20+,21+,22+,24-,25+;;/m1../s1. The van der Waals surface area contributed by atoms with E-state index >= 15 is 0 Å². The fourth-order valence-electron chi connectivity index (χ4n) is 9.36. The van der Waals surface area contributed by atoms with E-state index in [1.54, 1.807) is 0 Å². The van der Waals surface area contributed by atoms with Crippen LogP contribution in [-0.2, 0) is 38.7 Å². The average Bonchev–Trinajstić information content (AvgIpc) is 3.13. The Hall–Kier alpha value is 1.21. The Bertz CT molecular complexity index is 1090. The van der Waals surface area contributed by atoms with Crippen molar-refractivity contribution in [3.8, 4) is 0 Å². The third kappa shape index (κ3) is 7.84. The largest absolute Gasteiger partial charge is 1.00 e. The summed E-state index contributed by atoms with van der Waals surface area (Å²) in [5.41, 5.74) is -0.203. The van der Waals surface area contributed by atoms with Crippen molar-refractivity contribution < 1.29 is 103 Å². The Kier molecular flexibility index (Phi) is 12.6. The van der Waals surface area contributed by atoms with Crippen LogP contribution in [0.3, 0.4) is 0 Å². The van der Waals surface area contributed by atoms with Crippen molar-refractivity contribution in [1.29, 1.82) is 0 Å². The molecular formula is C25H40Na2O10S2. The predicted molar refractivity (Wildman–Crippen MR) is 130 cm³/mol. The zero-order valence-corrected chi connectivity index (χ0v) is 29.7. The van der Waals surface area contributed by atoms with E-state index in [9.17, 15) is 30.7 Å². The van der Waals surface area contributed by atoms with Crippen LogP contribution in [0.4, 0.5) is 0 Å². The van der Waals surface area contributed by atoms with Crippen molar-refractivity contribution in [2.45, 2.75) is 97.2 Å². The van der Waals surface area contributed by atoms with Crippen LogP contribution in [0.5, 0.6) is 0 Å². The Labute approximate surface area is 277 Å². The summed E-state index contributed by atoms with van der Waals surface area (Å²) < 4.78 is 82.8. The van der Waals surface area contributed by atoms with Crippen LogP contribution in [0.15, 0.2) is 0 Å². The van der Waals surface area contributed by atoms with Gasteiger partial charge in [-0.15, -0.1) is 0 Å². The van der Waals surface area contributed by atoms with E-state index in [4.69, 9.17) is 13.1 Å². The molecule has 4 saturated carbocycles. The molecule has 0 aromatic rings. The summed E-state index contributed by atoms with van der Waals surface area (Å²) in [4.78, 5) is 11.7. The zero-order valence-electron chi connectivity index (χ0n) is 24.1. The van der Waals surface area contributed by atoms with Gasteiger partial charge in [0, 0.05) is 6.42 Å². The monoisotopic (exact) mass is 610 g/mol. The maximum absolute atomic E-state index is 11.7. The van der Waals surface area contributed by atoms with Gasteiger partial charge in [-0.2, -0.15) is 0 Å². The van der Waals surface area contributed by atoms with Crippen molar-refractivity contribution >= 4 is 26.8 Å². The normalized spacial score (nSPS) is 40.6. The smallest absolute Gasteiger partial charge is 0.726 e. The van der Waals surface area contributed by atoms with Crippen molar-refractivity contribution in [2.24, 2.45) is 46.3 Å².